The lowest BCUT2D eigenvalue weighted by atomic mass is 10.1. The molecule has 0 saturated carbocycles. The van der Waals surface area contributed by atoms with E-state index in [1.54, 1.807) is 14.2 Å². The van der Waals surface area contributed by atoms with E-state index in [4.69, 9.17) is 22.6 Å². The van der Waals surface area contributed by atoms with E-state index in [1.807, 2.05) is 0 Å². The van der Waals surface area contributed by atoms with E-state index in [0.29, 0.717) is 13.2 Å². The maximum absolute atomic E-state index is 5.62. The summed E-state index contributed by atoms with van der Waals surface area (Å²) in [6, 6.07) is 0. The van der Waals surface area contributed by atoms with Crippen molar-refractivity contribution in [2.75, 3.05) is 33.6 Å². The Morgan fingerprint density at radius 3 is 2.46 bits per heavy atom. The minimum atomic E-state index is -1.15. The van der Waals surface area contributed by atoms with Gasteiger partial charge in [0.2, 0.25) is 0 Å². The molecule has 2 heterocycles. The summed E-state index contributed by atoms with van der Waals surface area (Å²) in [4.78, 5) is 0. The predicted molar refractivity (Wildman–Crippen MR) is 48.4 cm³/mol. The molecule has 0 radical (unpaired) electrons. The van der Waals surface area contributed by atoms with Crippen molar-refractivity contribution < 1.29 is 22.6 Å². The summed E-state index contributed by atoms with van der Waals surface area (Å²) in [7, 11) is 1.31. The molecule has 7 heteroatoms. The van der Waals surface area contributed by atoms with E-state index in [0.717, 1.165) is 6.16 Å². The van der Waals surface area contributed by atoms with Crippen molar-refractivity contribution in [1.29, 1.82) is 0 Å². The van der Waals surface area contributed by atoms with E-state index in [-0.39, 0.29) is 5.60 Å². The Kier molecular flexibility index (Phi) is 3.16. The van der Waals surface area contributed by atoms with Crippen LogP contribution >= 0.6 is 17.0 Å². The Labute approximate surface area is 79.6 Å². The van der Waals surface area contributed by atoms with Crippen LogP contribution in [0.1, 0.15) is 0 Å². The van der Waals surface area contributed by atoms with Crippen LogP contribution in [0.5, 0.6) is 0 Å². The van der Waals surface area contributed by atoms with Crippen molar-refractivity contribution in [3.05, 3.63) is 0 Å². The molecule has 2 aliphatic heterocycles. The lowest BCUT2D eigenvalue weighted by Gasteiger charge is -2.16. The maximum atomic E-state index is 5.62. The summed E-state index contributed by atoms with van der Waals surface area (Å²) < 4.78 is 26.5. The Morgan fingerprint density at radius 2 is 1.92 bits per heavy atom. The van der Waals surface area contributed by atoms with Gasteiger partial charge in [-0.15, -0.1) is 0 Å². The highest BCUT2D eigenvalue weighted by molar-refractivity contribution is 7.47. The Hall–Kier alpha value is 0.660. The summed E-state index contributed by atoms with van der Waals surface area (Å²) in [6.45, 7) is 1.10. The van der Waals surface area contributed by atoms with Crippen molar-refractivity contribution in [2.24, 2.45) is 0 Å². The van der Waals surface area contributed by atoms with Gasteiger partial charge in [-0.1, -0.05) is 0 Å². The van der Waals surface area contributed by atoms with Gasteiger partial charge in [0.15, 0.2) is 8.38 Å². The van der Waals surface area contributed by atoms with Crippen molar-refractivity contribution >= 4 is 17.0 Å². The minimum absolute atomic E-state index is 0.302. The quantitative estimate of drug-likeness (QED) is 0.669. The molecule has 0 aromatic carbocycles. The van der Waals surface area contributed by atoms with Gasteiger partial charge in [-0.05, 0) is 0 Å². The molecule has 0 aromatic rings. The topological polar surface area (TPSA) is 46.2 Å². The van der Waals surface area contributed by atoms with Gasteiger partial charge in [-0.25, -0.2) is 0 Å². The molecule has 5 nitrogen and oxygen atoms in total. The highest BCUT2D eigenvalue weighted by Gasteiger charge is 2.50. The summed E-state index contributed by atoms with van der Waals surface area (Å²) in [6.07, 6.45) is 0.779. The van der Waals surface area contributed by atoms with E-state index < -0.39 is 17.0 Å². The fourth-order valence-electron chi connectivity index (χ4n) is 1.25. The third kappa shape index (κ3) is 2.02. The third-order valence-electron chi connectivity index (χ3n) is 1.94. The van der Waals surface area contributed by atoms with Gasteiger partial charge in [-0.2, -0.15) is 0 Å². The summed E-state index contributed by atoms with van der Waals surface area (Å²) in [5.41, 5.74) is -0.302. The zero-order valence-electron chi connectivity index (χ0n) is 7.56. The first-order chi connectivity index (χ1) is 6.28. The standard InChI is InChI=1S/C6H12O5P2/c1-7-12-5-6(3-9-12)4-10-13(8-2)11-6/h3-5H2,1-2H3/t6-,12+,13+/m0/s1. The van der Waals surface area contributed by atoms with Gasteiger partial charge in [-0.3, -0.25) is 0 Å². The van der Waals surface area contributed by atoms with Gasteiger partial charge in [0.25, 0.3) is 0 Å². The molecule has 0 aliphatic carbocycles. The molecule has 0 bridgehead atoms. The van der Waals surface area contributed by atoms with Crippen LogP contribution < -0.4 is 0 Å². The molecule has 0 unspecified atom stereocenters. The van der Waals surface area contributed by atoms with Crippen LogP contribution in [0.15, 0.2) is 0 Å². The van der Waals surface area contributed by atoms with Gasteiger partial charge in [0.1, 0.15) is 5.60 Å². The lowest BCUT2D eigenvalue weighted by Crippen LogP contribution is -2.34. The number of rotatable bonds is 2. The average molecular weight is 226 g/mol. The highest BCUT2D eigenvalue weighted by atomic mass is 31.2. The van der Waals surface area contributed by atoms with Gasteiger partial charge >= 0.3 is 8.60 Å². The van der Waals surface area contributed by atoms with Crippen molar-refractivity contribution in [1.82, 2.24) is 0 Å². The molecule has 2 aliphatic rings. The highest BCUT2D eigenvalue weighted by Crippen LogP contribution is 2.58. The summed E-state index contributed by atoms with van der Waals surface area (Å²) in [5.74, 6) is 0. The zero-order chi connectivity index (χ0) is 9.31. The maximum Gasteiger partial charge on any atom is 0.333 e. The fraction of sp³-hybridized carbons (Fsp3) is 1.00. The van der Waals surface area contributed by atoms with Crippen molar-refractivity contribution in [3.8, 4) is 0 Å². The molecular weight excluding hydrogens is 214 g/mol. The number of hydrogen-bond acceptors (Lipinski definition) is 5. The van der Waals surface area contributed by atoms with E-state index in [9.17, 15) is 0 Å². The first-order valence-electron chi connectivity index (χ1n) is 3.89. The van der Waals surface area contributed by atoms with Gasteiger partial charge in [0, 0.05) is 14.2 Å². The molecule has 76 valence electrons. The summed E-state index contributed by atoms with van der Waals surface area (Å²) in [5, 5.41) is 0. The largest absolute Gasteiger partial charge is 0.337 e. The molecule has 2 fully saturated rings. The summed E-state index contributed by atoms with van der Waals surface area (Å²) >= 11 is 0. The molecule has 0 aromatic heterocycles. The molecule has 2 rings (SSSR count). The Bertz CT molecular complexity index is 170. The third-order valence-corrected chi connectivity index (χ3v) is 4.78. The monoisotopic (exact) mass is 226 g/mol. The van der Waals surface area contributed by atoms with Gasteiger partial charge < -0.3 is 22.6 Å². The molecule has 0 amide bonds. The van der Waals surface area contributed by atoms with Crippen LogP contribution in [0, 0.1) is 0 Å². The normalized spacial score (nSPS) is 44.8. The second kappa shape index (κ2) is 4.03. The minimum Gasteiger partial charge on any atom is -0.337 e. The Balaban J connectivity index is 1.93. The van der Waals surface area contributed by atoms with Crippen LogP contribution in [0.4, 0.5) is 0 Å². The molecule has 2 saturated heterocycles. The first kappa shape index (κ1) is 10.2. The molecular formula is C6H12O5P2. The van der Waals surface area contributed by atoms with Gasteiger partial charge in [0.05, 0.1) is 19.4 Å². The predicted octanol–water partition coefficient (Wildman–Crippen LogP) is 1.63. The molecule has 0 N–H and O–H groups in total. The Morgan fingerprint density at radius 1 is 1.15 bits per heavy atom. The smallest absolute Gasteiger partial charge is 0.333 e. The first-order valence-corrected chi connectivity index (χ1v) is 6.35. The van der Waals surface area contributed by atoms with Crippen molar-refractivity contribution in [3.63, 3.8) is 0 Å². The van der Waals surface area contributed by atoms with E-state index >= 15 is 0 Å². The molecule has 3 atom stereocenters. The van der Waals surface area contributed by atoms with Crippen molar-refractivity contribution in [2.45, 2.75) is 5.60 Å². The van der Waals surface area contributed by atoms with Crippen LogP contribution in [0.25, 0.3) is 0 Å². The van der Waals surface area contributed by atoms with Crippen LogP contribution in [-0.4, -0.2) is 39.2 Å². The zero-order valence-corrected chi connectivity index (χ0v) is 9.35. The lowest BCUT2D eigenvalue weighted by molar-refractivity contribution is 0.0848. The fourth-order valence-corrected chi connectivity index (χ4v) is 3.83. The number of hydrogen-bond donors (Lipinski definition) is 0. The van der Waals surface area contributed by atoms with Crippen LogP contribution in [-0.2, 0) is 22.6 Å². The molecule has 1 spiro atoms. The average Bonchev–Trinajstić information content (AvgIpc) is 2.74. The molecule has 13 heavy (non-hydrogen) atoms. The van der Waals surface area contributed by atoms with Crippen LogP contribution in [0.2, 0.25) is 0 Å². The van der Waals surface area contributed by atoms with E-state index in [2.05, 4.69) is 0 Å². The second-order valence-electron chi connectivity index (χ2n) is 2.90. The van der Waals surface area contributed by atoms with Crippen LogP contribution in [0.3, 0.4) is 0 Å². The van der Waals surface area contributed by atoms with E-state index in [1.165, 1.54) is 0 Å². The SMILES string of the molecule is CO[P@@]1C[C@]2(CO1)CO[P@@](OC)O2. The second-order valence-corrected chi connectivity index (χ2v) is 5.76.